The SMILES string of the molecule is CC(C)OC(=O)CN.N=C=O. The van der Waals surface area contributed by atoms with Crippen LogP contribution in [0.2, 0.25) is 0 Å². The van der Waals surface area contributed by atoms with E-state index in [1.807, 2.05) is 0 Å². The molecular formula is C6H12N2O3. The number of hydrogen-bond acceptors (Lipinski definition) is 5. The summed E-state index contributed by atoms with van der Waals surface area (Å²) in [5.41, 5.74) is 4.95. The molecule has 11 heavy (non-hydrogen) atoms. The van der Waals surface area contributed by atoms with E-state index < -0.39 is 0 Å². The first-order chi connectivity index (χ1) is 5.08. The Kier molecular flexibility index (Phi) is 10.00. The minimum atomic E-state index is -0.347. The van der Waals surface area contributed by atoms with E-state index >= 15 is 0 Å². The Morgan fingerprint density at radius 2 is 2.09 bits per heavy atom. The van der Waals surface area contributed by atoms with Crippen molar-refractivity contribution in [1.29, 1.82) is 5.41 Å². The lowest BCUT2D eigenvalue weighted by Crippen LogP contribution is -2.20. The van der Waals surface area contributed by atoms with Gasteiger partial charge in [0.2, 0.25) is 6.08 Å². The third-order valence-corrected chi connectivity index (χ3v) is 0.534. The van der Waals surface area contributed by atoms with Crippen molar-refractivity contribution in [2.24, 2.45) is 5.73 Å². The highest BCUT2D eigenvalue weighted by molar-refractivity contribution is 5.71. The molecule has 3 N–H and O–H groups in total. The van der Waals surface area contributed by atoms with Crippen molar-refractivity contribution in [3.8, 4) is 0 Å². The molecule has 0 saturated heterocycles. The van der Waals surface area contributed by atoms with Gasteiger partial charge in [-0.15, -0.1) is 0 Å². The summed E-state index contributed by atoms with van der Waals surface area (Å²) in [6.45, 7) is 3.54. The quantitative estimate of drug-likeness (QED) is 0.332. The average Bonchev–Trinajstić information content (AvgIpc) is 1.88. The maximum Gasteiger partial charge on any atom is 0.319 e. The van der Waals surface area contributed by atoms with E-state index in [4.69, 9.17) is 15.9 Å². The van der Waals surface area contributed by atoms with Gasteiger partial charge in [-0.25, -0.2) is 10.2 Å². The molecule has 0 heterocycles. The Bertz CT molecular complexity index is 139. The monoisotopic (exact) mass is 160 g/mol. The predicted molar refractivity (Wildman–Crippen MR) is 38.7 cm³/mol. The molecule has 0 atom stereocenters. The van der Waals surface area contributed by atoms with Gasteiger partial charge in [0, 0.05) is 0 Å². The van der Waals surface area contributed by atoms with Gasteiger partial charge >= 0.3 is 5.97 Å². The lowest BCUT2D eigenvalue weighted by molar-refractivity contribution is -0.145. The van der Waals surface area contributed by atoms with Gasteiger partial charge in [-0.05, 0) is 13.8 Å². The summed E-state index contributed by atoms with van der Waals surface area (Å²) in [5.74, 6) is -0.347. The van der Waals surface area contributed by atoms with Crippen molar-refractivity contribution in [2.75, 3.05) is 6.54 Å². The van der Waals surface area contributed by atoms with Crippen LogP contribution in [0.5, 0.6) is 0 Å². The van der Waals surface area contributed by atoms with Crippen LogP contribution in [0, 0.1) is 5.41 Å². The molecule has 0 spiro atoms. The standard InChI is InChI=1S/C5H11NO2.CHNO/c1-4(2)8-5(7)3-6;2-1-3/h4H,3,6H2,1-2H3;2H. The molecule has 0 rings (SSSR count). The van der Waals surface area contributed by atoms with E-state index in [0.29, 0.717) is 0 Å². The van der Waals surface area contributed by atoms with Crippen molar-refractivity contribution in [2.45, 2.75) is 20.0 Å². The largest absolute Gasteiger partial charge is 0.462 e. The second-order valence-corrected chi connectivity index (χ2v) is 1.84. The molecule has 0 fully saturated rings. The highest BCUT2D eigenvalue weighted by Gasteiger charge is 1.99. The molecular weight excluding hydrogens is 148 g/mol. The van der Waals surface area contributed by atoms with Crippen molar-refractivity contribution in [1.82, 2.24) is 0 Å². The first-order valence-corrected chi connectivity index (χ1v) is 3.01. The van der Waals surface area contributed by atoms with Gasteiger partial charge in [-0.2, -0.15) is 0 Å². The number of hydrogen-bond donors (Lipinski definition) is 2. The summed E-state index contributed by atoms with van der Waals surface area (Å²) in [6.07, 6.45) is 0.700. The summed E-state index contributed by atoms with van der Waals surface area (Å²) in [5, 5.41) is 5.40. The molecule has 0 aliphatic rings. The molecule has 0 bridgehead atoms. The summed E-state index contributed by atoms with van der Waals surface area (Å²) >= 11 is 0. The number of nitrogens with one attached hydrogen (secondary N) is 1. The molecule has 5 heteroatoms. The van der Waals surface area contributed by atoms with E-state index in [2.05, 4.69) is 4.74 Å². The molecule has 0 aliphatic heterocycles. The zero-order chi connectivity index (χ0) is 9.28. The Hall–Kier alpha value is -1.19. The molecule has 64 valence electrons. The first kappa shape index (κ1) is 12.5. The van der Waals surface area contributed by atoms with Crippen LogP contribution < -0.4 is 5.73 Å². The van der Waals surface area contributed by atoms with E-state index in [1.54, 1.807) is 13.8 Å². The summed E-state index contributed by atoms with van der Waals surface area (Å²) < 4.78 is 4.64. The van der Waals surface area contributed by atoms with Gasteiger partial charge in [-0.1, -0.05) is 0 Å². The second kappa shape index (κ2) is 8.81. The highest BCUT2D eigenvalue weighted by atomic mass is 16.5. The van der Waals surface area contributed by atoms with Crippen LogP contribution >= 0.6 is 0 Å². The van der Waals surface area contributed by atoms with E-state index in [9.17, 15) is 4.79 Å². The third-order valence-electron chi connectivity index (χ3n) is 0.534. The van der Waals surface area contributed by atoms with Gasteiger partial charge in [-0.3, -0.25) is 4.79 Å². The van der Waals surface area contributed by atoms with Crippen LogP contribution in [0.4, 0.5) is 0 Å². The Morgan fingerprint density at radius 1 is 1.73 bits per heavy atom. The van der Waals surface area contributed by atoms with Gasteiger partial charge in [0.15, 0.2) is 0 Å². The summed E-state index contributed by atoms with van der Waals surface area (Å²) in [4.78, 5) is 18.6. The van der Waals surface area contributed by atoms with E-state index in [0.717, 1.165) is 6.08 Å². The predicted octanol–water partition coefficient (Wildman–Crippen LogP) is -0.202. The van der Waals surface area contributed by atoms with Gasteiger partial charge < -0.3 is 10.5 Å². The fourth-order valence-electron chi connectivity index (χ4n) is 0.311. The van der Waals surface area contributed by atoms with Gasteiger partial charge in [0.1, 0.15) is 0 Å². The van der Waals surface area contributed by atoms with Crippen LogP contribution in [0.3, 0.4) is 0 Å². The summed E-state index contributed by atoms with van der Waals surface area (Å²) in [6, 6.07) is 0. The Morgan fingerprint density at radius 3 is 2.18 bits per heavy atom. The number of ether oxygens (including phenoxy) is 1. The van der Waals surface area contributed by atoms with E-state index in [1.165, 1.54) is 0 Å². The number of carbonyl (C=O) groups excluding carboxylic acids is 2. The Balaban J connectivity index is 0. The molecule has 0 aromatic heterocycles. The topological polar surface area (TPSA) is 93.2 Å². The smallest absolute Gasteiger partial charge is 0.319 e. The molecule has 0 aromatic rings. The fourth-order valence-corrected chi connectivity index (χ4v) is 0.311. The molecule has 5 nitrogen and oxygen atoms in total. The minimum absolute atomic E-state index is 0.0296. The molecule has 0 aliphatic carbocycles. The van der Waals surface area contributed by atoms with Crippen LogP contribution in [-0.2, 0) is 14.3 Å². The highest BCUT2D eigenvalue weighted by Crippen LogP contribution is 1.85. The first-order valence-electron chi connectivity index (χ1n) is 3.01. The second-order valence-electron chi connectivity index (χ2n) is 1.84. The van der Waals surface area contributed by atoms with Crippen LogP contribution in [0.15, 0.2) is 0 Å². The lowest BCUT2D eigenvalue weighted by atomic mass is 10.5. The van der Waals surface area contributed by atoms with Crippen molar-refractivity contribution in [3.63, 3.8) is 0 Å². The summed E-state index contributed by atoms with van der Waals surface area (Å²) in [7, 11) is 0. The zero-order valence-electron chi connectivity index (χ0n) is 6.59. The fraction of sp³-hybridized carbons (Fsp3) is 0.667. The normalized spacial score (nSPS) is 7.64. The Labute approximate surface area is 65.0 Å². The number of nitrogens with two attached hydrogens (primary N) is 1. The maximum absolute atomic E-state index is 10.3. The lowest BCUT2D eigenvalue weighted by Gasteiger charge is -2.04. The number of carbonyl (C=O) groups is 1. The molecule has 0 radical (unpaired) electrons. The molecule has 0 saturated carbocycles. The maximum atomic E-state index is 10.3. The molecule has 0 unspecified atom stereocenters. The van der Waals surface area contributed by atoms with E-state index in [-0.39, 0.29) is 18.6 Å². The van der Waals surface area contributed by atoms with Crippen LogP contribution in [0.25, 0.3) is 0 Å². The van der Waals surface area contributed by atoms with Gasteiger partial charge in [0.05, 0.1) is 12.6 Å². The van der Waals surface area contributed by atoms with Gasteiger partial charge in [0.25, 0.3) is 0 Å². The molecule has 0 amide bonds. The van der Waals surface area contributed by atoms with Crippen LogP contribution in [-0.4, -0.2) is 24.7 Å². The number of isocyanates is 1. The number of rotatable bonds is 2. The zero-order valence-corrected chi connectivity index (χ0v) is 6.59. The minimum Gasteiger partial charge on any atom is -0.462 e. The van der Waals surface area contributed by atoms with Crippen LogP contribution in [0.1, 0.15) is 13.8 Å². The molecule has 0 aromatic carbocycles. The van der Waals surface area contributed by atoms with Crippen molar-refractivity contribution in [3.05, 3.63) is 0 Å². The van der Waals surface area contributed by atoms with Crippen molar-refractivity contribution >= 4 is 12.0 Å². The van der Waals surface area contributed by atoms with Crippen molar-refractivity contribution < 1.29 is 14.3 Å². The average molecular weight is 160 g/mol. The third kappa shape index (κ3) is 17.7. The number of esters is 1.